The van der Waals surface area contributed by atoms with Crippen molar-refractivity contribution in [1.29, 1.82) is 0 Å². The van der Waals surface area contributed by atoms with Crippen molar-refractivity contribution < 1.29 is 14.7 Å². The molecule has 88 valence electrons. The minimum atomic E-state index is -1.00. The predicted octanol–water partition coefficient (Wildman–Crippen LogP) is 1.31. The number of aliphatic carboxylic acids is 1. The topological polar surface area (TPSA) is 66.4 Å². The van der Waals surface area contributed by atoms with Crippen LogP contribution in [0.1, 0.15) is 34.1 Å². The molecule has 4 nitrogen and oxygen atoms in total. The quantitative estimate of drug-likeness (QED) is 0.627. The second kappa shape index (κ2) is 5.39. The summed E-state index contributed by atoms with van der Waals surface area (Å²) in [4.78, 5) is 22.5. The van der Waals surface area contributed by atoms with Gasteiger partial charge in [-0.1, -0.05) is 20.3 Å². The van der Waals surface area contributed by atoms with E-state index in [-0.39, 0.29) is 11.8 Å². The lowest BCUT2D eigenvalue weighted by Gasteiger charge is -2.24. The summed E-state index contributed by atoms with van der Waals surface area (Å²) < 4.78 is -0.860. The Labute approximate surface area is 95.8 Å². The first kappa shape index (κ1) is 14.3. The Kier molecular flexibility index (Phi) is 5.14. The lowest BCUT2D eigenvalue weighted by molar-refractivity contribution is -0.143. The molecule has 0 saturated carbocycles. The third kappa shape index (κ3) is 4.55. The molecule has 0 aromatic rings. The molecule has 5 heteroatoms. The summed E-state index contributed by atoms with van der Waals surface area (Å²) in [6.07, 6.45) is 0.699. The summed E-state index contributed by atoms with van der Waals surface area (Å²) in [6.45, 7) is 6.94. The van der Waals surface area contributed by atoms with Crippen LogP contribution in [0.5, 0.6) is 0 Å². The zero-order valence-electron chi connectivity index (χ0n) is 9.57. The average Bonchev–Trinajstić information content (AvgIpc) is 2.10. The second-order valence-electron chi connectivity index (χ2n) is 4.23. The molecule has 2 atom stereocenters. The van der Waals surface area contributed by atoms with Crippen LogP contribution in [0.2, 0.25) is 0 Å². The van der Waals surface area contributed by atoms with E-state index in [1.54, 1.807) is 20.8 Å². The van der Waals surface area contributed by atoms with Gasteiger partial charge in [-0.3, -0.25) is 4.79 Å². The lowest BCUT2D eigenvalue weighted by Crippen LogP contribution is -2.50. The number of thiol groups is 1. The molecule has 0 aromatic heterocycles. The van der Waals surface area contributed by atoms with E-state index in [9.17, 15) is 9.59 Å². The summed E-state index contributed by atoms with van der Waals surface area (Å²) in [5.41, 5.74) is 0. The fraction of sp³-hybridized carbons (Fsp3) is 0.800. The maximum Gasteiger partial charge on any atom is 0.326 e. The van der Waals surface area contributed by atoms with E-state index in [1.165, 1.54) is 0 Å². The van der Waals surface area contributed by atoms with Gasteiger partial charge in [0.05, 0.1) is 4.75 Å². The van der Waals surface area contributed by atoms with Gasteiger partial charge in [0.1, 0.15) is 6.04 Å². The van der Waals surface area contributed by atoms with Crippen molar-refractivity contribution in [3.8, 4) is 0 Å². The molecule has 0 unspecified atom stereocenters. The highest BCUT2D eigenvalue weighted by atomic mass is 32.1. The van der Waals surface area contributed by atoms with Crippen LogP contribution in [-0.4, -0.2) is 27.8 Å². The number of carbonyl (C=O) groups excluding carboxylic acids is 1. The molecule has 0 heterocycles. The predicted molar refractivity (Wildman–Crippen MR) is 62.1 cm³/mol. The van der Waals surface area contributed by atoms with Crippen LogP contribution in [0.15, 0.2) is 0 Å². The molecule has 0 bridgehead atoms. The number of carbonyl (C=O) groups is 2. The molecule has 2 N–H and O–H groups in total. The number of hydrogen-bond donors (Lipinski definition) is 3. The Morgan fingerprint density at radius 2 is 1.93 bits per heavy atom. The van der Waals surface area contributed by atoms with Crippen molar-refractivity contribution in [3.63, 3.8) is 0 Å². The first-order valence-electron chi connectivity index (χ1n) is 4.96. The highest BCUT2D eigenvalue weighted by Gasteiger charge is 2.30. The van der Waals surface area contributed by atoms with E-state index in [0.717, 1.165) is 0 Å². The standard InChI is InChI=1S/C10H19NO3S/c1-5-6(2)7(8(12)13)11-9(14)10(3,4)15/h6-7,15H,5H2,1-4H3,(H,11,14)(H,12,13)/t6-,7-/m0/s1. The number of amides is 1. The van der Waals surface area contributed by atoms with Gasteiger partial charge >= 0.3 is 5.97 Å². The maximum absolute atomic E-state index is 11.5. The van der Waals surface area contributed by atoms with Gasteiger partial charge in [-0.2, -0.15) is 12.6 Å². The molecule has 1 amide bonds. The van der Waals surface area contributed by atoms with Crippen LogP contribution in [0.25, 0.3) is 0 Å². The van der Waals surface area contributed by atoms with E-state index < -0.39 is 16.8 Å². The van der Waals surface area contributed by atoms with Gasteiger partial charge in [0.2, 0.25) is 5.91 Å². The largest absolute Gasteiger partial charge is 0.480 e. The van der Waals surface area contributed by atoms with Crippen LogP contribution in [-0.2, 0) is 9.59 Å². The summed E-state index contributed by atoms with van der Waals surface area (Å²) in [5, 5.41) is 11.4. The number of carboxylic acid groups (broad SMARTS) is 1. The number of carboxylic acids is 1. The van der Waals surface area contributed by atoms with Gasteiger partial charge in [-0.25, -0.2) is 4.79 Å². The van der Waals surface area contributed by atoms with E-state index in [1.807, 2.05) is 6.92 Å². The third-order valence-electron chi connectivity index (χ3n) is 2.32. The first-order valence-corrected chi connectivity index (χ1v) is 5.41. The molecule has 0 saturated heterocycles. The highest BCUT2D eigenvalue weighted by molar-refractivity contribution is 7.82. The van der Waals surface area contributed by atoms with Gasteiger partial charge in [-0.15, -0.1) is 0 Å². The van der Waals surface area contributed by atoms with Gasteiger partial charge < -0.3 is 10.4 Å². The Bertz CT molecular complexity index is 248. The molecule has 0 fully saturated rings. The molecule has 0 rings (SSSR count). The molecule has 0 aliphatic rings. The molecular weight excluding hydrogens is 214 g/mol. The fourth-order valence-corrected chi connectivity index (χ4v) is 1.07. The van der Waals surface area contributed by atoms with Crippen LogP contribution in [0.3, 0.4) is 0 Å². The first-order chi connectivity index (χ1) is 6.70. The lowest BCUT2D eigenvalue weighted by atomic mass is 9.98. The Morgan fingerprint density at radius 3 is 2.20 bits per heavy atom. The summed E-state index contributed by atoms with van der Waals surface area (Å²) in [5.74, 6) is -1.46. The molecule has 0 radical (unpaired) electrons. The van der Waals surface area contributed by atoms with Gasteiger partial charge in [0.25, 0.3) is 0 Å². The third-order valence-corrected chi connectivity index (χ3v) is 2.52. The smallest absolute Gasteiger partial charge is 0.326 e. The van der Waals surface area contributed by atoms with Crippen molar-refractivity contribution in [2.24, 2.45) is 5.92 Å². The minimum Gasteiger partial charge on any atom is -0.480 e. The van der Waals surface area contributed by atoms with Crippen molar-refractivity contribution in [2.45, 2.75) is 44.9 Å². The molecular formula is C10H19NO3S. The molecule has 0 spiro atoms. The van der Waals surface area contributed by atoms with Crippen molar-refractivity contribution in [2.75, 3.05) is 0 Å². The fourth-order valence-electron chi connectivity index (χ4n) is 1.00. The van der Waals surface area contributed by atoms with Crippen molar-refractivity contribution in [1.82, 2.24) is 5.32 Å². The van der Waals surface area contributed by atoms with Crippen molar-refractivity contribution in [3.05, 3.63) is 0 Å². The Morgan fingerprint density at radius 1 is 1.47 bits per heavy atom. The number of rotatable bonds is 5. The summed E-state index contributed by atoms with van der Waals surface area (Å²) in [6, 6.07) is -0.839. The van der Waals surface area contributed by atoms with Crippen LogP contribution in [0.4, 0.5) is 0 Å². The van der Waals surface area contributed by atoms with E-state index >= 15 is 0 Å². The summed E-state index contributed by atoms with van der Waals surface area (Å²) in [7, 11) is 0. The molecule has 15 heavy (non-hydrogen) atoms. The highest BCUT2D eigenvalue weighted by Crippen LogP contribution is 2.14. The second-order valence-corrected chi connectivity index (χ2v) is 5.35. The normalized spacial score (nSPS) is 15.5. The monoisotopic (exact) mass is 233 g/mol. The van der Waals surface area contributed by atoms with E-state index in [2.05, 4.69) is 17.9 Å². The average molecular weight is 233 g/mol. The SMILES string of the molecule is CC[C@H](C)[C@H](NC(=O)C(C)(C)S)C(=O)O. The van der Waals surface area contributed by atoms with Gasteiger partial charge in [0, 0.05) is 0 Å². The minimum absolute atomic E-state index is 0.0952. The van der Waals surface area contributed by atoms with Crippen LogP contribution >= 0.6 is 12.6 Å². The van der Waals surface area contributed by atoms with Crippen LogP contribution < -0.4 is 5.32 Å². The van der Waals surface area contributed by atoms with E-state index in [4.69, 9.17) is 5.11 Å². The number of hydrogen-bond acceptors (Lipinski definition) is 3. The zero-order valence-corrected chi connectivity index (χ0v) is 10.5. The Balaban J connectivity index is 4.57. The van der Waals surface area contributed by atoms with Crippen molar-refractivity contribution >= 4 is 24.5 Å². The number of nitrogens with one attached hydrogen (secondary N) is 1. The van der Waals surface area contributed by atoms with Gasteiger partial charge in [0.15, 0.2) is 0 Å². The van der Waals surface area contributed by atoms with Crippen LogP contribution in [0, 0.1) is 5.92 Å². The molecule has 0 aliphatic heterocycles. The molecule has 0 aliphatic carbocycles. The summed E-state index contributed by atoms with van der Waals surface area (Å²) >= 11 is 4.09. The zero-order chi connectivity index (χ0) is 12.2. The maximum atomic E-state index is 11.5. The van der Waals surface area contributed by atoms with Gasteiger partial charge in [-0.05, 0) is 19.8 Å². The molecule has 0 aromatic carbocycles. The Hall–Kier alpha value is -0.710. The van der Waals surface area contributed by atoms with E-state index in [0.29, 0.717) is 6.42 Å².